The molecule has 1 saturated heterocycles. The van der Waals surface area contributed by atoms with Crippen LogP contribution in [0.3, 0.4) is 0 Å². The van der Waals surface area contributed by atoms with Gasteiger partial charge in [0.05, 0.1) is 13.2 Å². The maximum Gasteiger partial charge on any atom is 0.0594 e. The molecule has 18 heavy (non-hydrogen) atoms. The van der Waals surface area contributed by atoms with Crippen molar-refractivity contribution in [3.8, 4) is 0 Å². The first-order valence-corrected chi connectivity index (χ1v) is 6.98. The summed E-state index contributed by atoms with van der Waals surface area (Å²) in [4.78, 5) is 2.44. The lowest BCUT2D eigenvalue weighted by atomic mass is 10.1. The van der Waals surface area contributed by atoms with Crippen molar-refractivity contribution in [2.75, 3.05) is 45.9 Å². The average Bonchev–Trinajstić information content (AvgIpc) is 2.42. The van der Waals surface area contributed by atoms with E-state index in [9.17, 15) is 0 Å². The predicted molar refractivity (Wildman–Crippen MR) is 75.3 cm³/mol. The molecule has 2 rings (SSSR count). The van der Waals surface area contributed by atoms with E-state index in [2.05, 4.69) is 22.3 Å². The van der Waals surface area contributed by atoms with E-state index >= 15 is 0 Å². The van der Waals surface area contributed by atoms with Gasteiger partial charge in [-0.15, -0.1) is 0 Å². The van der Waals surface area contributed by atoms with Gasteiger partial charge in [0.25, 0.3) is 0 Å². The van der Waals surface area contributed by atoms with Crippen molar-refractivity contribution in [2.45, 2.75) is 6.42 Å². The minimum Gasteiger partial charge on any atom is -0.379 e. The van der Waals surface area contributed by atoms with Crippen LogP contribution in [0.2, 0.25) is 5.02 Å². The van der Waals surface area contributed by atoms with Gasteiger partial charge < -0.3 is 10.1 Å². The summed E-state index contributed by atoms with van der Waals surface area (Å²) in [5.41, 5.74) is 1.33. The molecule has 1 heterocycles. The molecule has 1 fully saturated rings. The summed E-state index contributed by atoms with van der Waals surface area (Å²) in [6, 6.07) is 8.08. The summed E-state index contributed by atoms with van der Waals surface area (Å²) in [5.74, 6) is 0. The Morgan fingerprint density at radius 1 is 1.11 bits per heavy atom. The van der Waals surface area contributed by atoms with Crippen LogP contribution in [-0.4, -0.2) is 50.8 Å². The first-order chi connectivity index (χ1) is 8.84. The summed E-state index contributed by atoms with van der Waals surface area (Å²) in [7, 11) is 0. The van der Waals surface area contributed by atoms with Crippen molar-refractivity contribution in [1.29, 1.82) is 0 Å². The van der Waals surface area contributed by atoms with Gasteiger partial charge in [0.2, 0.25) is 0 Å². The highest BCUT2D eigenvalue weighted by molar-refractivity contribution is 6.30. The fraction of sp³-hybridized carbons (Fsp3) is 0.571. The van der Waals surface area contributed by atoms with Crippen molar-refractivity contribution >= 4 is 11.6 Å². The molecule has 1 aliphatic heterocycles. The third kappa shape index (κ3) is 4.94. The number of rotatable bonds is 6. The summed E-state index contributed by atoms with van der Waals surface area (Å²) in [5, 5.41) is 4.28. The Morgan fingerprint density at radius 2 is 1.83 bits per heavy atom. The molecule has 0 aromatic heterocycles. The highest BCUT2D eigenvalue weighted by Crippen LogP contribution is 2.09. The third-order valence-corrected chi connectivity index (χ3v) is 3.46. The second-order valence-corrected chi connectivity index (χ2v) is 5.02. The third-order valence-electron chi connectivity index (χ3n) is 3.21. The number of nitrogens with zero attached hydrogens (tertiary/aromatic N) is 1. The standard InChI is InChI=1S/C14H21ClN2O/c15-14-3-1-13(2-4-14)5-6-16-7-8-17-9-11-18-12-10-17/h1-4,16H,5-12H2. The molecule has 100 valence electrons. The molecule has 0 amide bonds. The zero-order valence-corrected chi connectivity index (χ0v) is 11.5. The predicted octanol–water partition coefficient (Wildman–Crippen LogP) is 1.80. The molecule has 0 saturated carbocycles. The Bertz CT molecular complexity index is 336. The van der Waals surface area contributed by atoms with Crippen molar-refractivity contribution in [1.82, 2.24) is 10.2 Å². The zero-order valence-electron chi connectivity index (χ0n) is 10.7. The topological polar surface area (TPSA) is 24.5 Å². The summed E-state index contributed by atoms with van der Waals surface area (Å²) in [6.07, 6.45) is 1.06. The lowest BCUT2D eigenvalue weighted by Gasteiger charge is -2.26. The molecule has 0 atom stereocenters. The van der Waals surface area contributed by atoms with Crippen LogP contribution in [0.5, 0.6) is 0 Å². The maximum atomic E-state index is 5.85. The molecule has 4 heteroatoms. The highest BCUT2D eigenvalue weighted by Gasteiger charge is 2.08. The lowest BCUT2D eigenvalue weighted by Crippen LogP contribution is -2.40. The maximum absolute atomic E-state index is 5.85. The van der Waals surface area contributed by atoms with Crippen molar-refractivity contribution in [3.63, 3.8) is 0 Å². The van der Waals surface area contributed by atoms with Crippen LogP contribution in [0.4, 0.5) is 0 Å². The number of morpholine rings is 1. The van der Waals surface area contributed by atoms with E-state index < -0.39 is 0 Å². The van der Waals surface area contributed by atoms with Gasteiger partial charge in [-0.2, -0.15) is 0 Å². The monoisotopic (exact) mass is 268 g/mol. The Labute approximate surface area is 114 Å². The second kappa shape index (κ2) is 7.74. The Balaban J connectivity index is 1.54. The molecular formula is C14H21ClN2O. The van der Waals surface area contributed by atoms with Gasteiger partial charge in [0.15, 0.2) is 0 Å². The fourth-order valence-corrected chi connectivity index (χ4v) is 2.20. The largest absolute Gasteiger partial charge is 0.379 e. The Morgan fingerprint density at radius 3 is 2.56 bits per heavy atom. The first-order valence-electron chi connectivity index (χ1n) is 6.60. The van der Waals surface area contributed by atoms with Crippen molar-refractivity contribution in [3.05, 3.63) is 34.9 Å². The molecule has 1 N–H and O–H groups in total. The van der Waals surface area contributed by atoms with E-state index in [0.29, 0.717) is 0 Å². The molecule has 1 aliphatic rings. The summed E-state index contributed by atoms with van der Waals surface area (Å²) < 4.78 is 5.32. The molecule has 0 aliphatic carbocycles. The van der Waals surface area contributed by atoms with E-state index in [1.165, 1.54) is 5.56 Å². The minimum atomic E-state index is 0.805. The van der Waals surface area contributed by atoms with Gasteiger partial charge in [-0.25, -0.2) is 0 Å². The average molecular weight is 269 g/mol. The molecular weight excluding hydrogens is 248 g/mol. The van der Waals surface area contributed by atoms with Crippen LogP contribution >= 0.6 is 11.6 Å². The van der Waals surface area contributed by atoms with Gasteiger partial charge in [-0.1, -0.05) is 23.7 Å². The molecule has 0 radical (unpaired) electrons. The summed E-state index contributed by atoms with van der Waals surface area (Å²) >= 11 is 5.85. The number of halogens is 1. The first kappa shape index (κ1) is 13.8. The van der Waals surface area contributed by atoms with Crippen LogP contribution in [0, 0.1) is 0 Å². The molecule has 3 nitrogen and oxygen atoms in total. The zero-order chi connectivity index (χ0) is 12.6. The number of nitrogens with one attached hydrogen (secondary N) is 1. The van der Waals surface area contributed by atoms with Gasteiger partial charge in [-0.3, -0.25) is 4.90 Å². The van der Waals surface area contributed by atoms with E-state index in [4.69, 9.17) is 16.3 Å². The van der Waals surface area contributed by atoms with E-state index in [-0.39, 0.29) is 0 Å². The highest BCUT2D eigenvalue weighted by atomic mass is 35.5. The van der Waals surface area contributed by atoms with Crippen LogP contribution < -0.4 is 5.32 Å². The van der Waals surface area contributed by atoms with Crippen molar-refractivity contribution in [2.24, 2.45) is 0 Å². The smallest absolute Gasteiger partial charge is 0.0594 e. The van der Waals surface area contributed by atoms with Gasteiger partial charge in [-0.05, 0) is 30.7 Å². The molecule has 0 bridgehead atoms. The molecule has 1 aromatic rings. The van der Waals surface area contributed by atoms with Gasteiger partial charge in [0.1, 0.15) is 0 Å². The van der Waals surface area contributed by atoms with E-state index in [1.54, 1.807) is 0 Å². The fourth-order valence-electron chi connectivity index (χ4n) is 2.07. The molecule has 0 spiro atoms. The minimum absolute atomic E-state index is 0.805. The van der Waals surface area contributed by atoms with Crippen LogP contribution in [0.15, 0.2) is 24.3 Å². The Kier molecular flexibility index (Phi) is 5.94. The Hall–Kier alpha value is -0.610. The second-order valence-electron chi connectivity index (χ2n) is 4.58. The molecule has 0 unspecified atom stereocenters. The summed E-state index contributed by atoms with van der Waals surface area (Å²) in [6.45, 7) is 7.08. The van der Waals surface area contributed by atoms with Gasteiger partial charge >= 0.3 is 0 Å². The van der Waals surface area contributed by atoms with E-state index in [0.717, 1.165) is 57.4 Å². The number of ether oxygens (including phenoxy) is 1. The normalized spacial score (nSPS) is 16.9. The van der Waals surface area contributed by atoms with Crippen molar-refractivity contribution < 1.29 is 4.74 Å². The lowest BCUT2D eigenvalue weighted by molar-refractivity contribution is 0.0385. The number of hydrogen-bond donors (Lipinski definition) is 1. The number of hydrogen-bond acceptors (Lipinski definition) is 3. The van der Waals surface area contributed by atoms with Crippen LogP contribution in [0.1, 0.15) is 5.56 Å². The SMILES string of the molecule is Clc1ccc(CCNCCN2CCOCC2)cc1. The van der Waals surface area contributed by atoms with E-state index in [1.807, 2.05) is 12.1 Å². The quantitative estimate of drug-likeness (QED) is 0.797. The van der Waals surface area contributed by atoms with Crippen LogP contribution in [-0.2, 0) is 11.2 Å². The number of benzene rings is 1. The van der Waals surface area contributed by atoms with Gasteiger partial charge in [0, 0.05) is 31.2 Å². The molecule has 1 aromatic carbocycles. The van der Waals surface area contributed by atoms with Crippen LogP contribution in [0.25, 0.3) is 0 Å².